The zero-order chi connectivity index (χ0) is 22.0. The van der Waals surface area contributed by atoms with Gasteiger partial charge in [0.2, 0.25) is 5.91 Å². The average Bonchev–Trinajstić information content (AvgIpc) is 2.96. The van der Waals surface area contributed by atoms with Crippen molar-refractivity contribution in [2.45, 2.75) is 51.5 Å². The van der Waals surface area contributed by atoms with Crippen molar-refractivity contribution in [1.29, 1.82) is 0 Å². The Morgan fingerprint density at radius 3 is 2.59 bits per heavy atom. The Labute approximate surface area is 174 Å². The number of rotatable bonds is 5. The lowest BCUT2D eigenvalue weighted by Gasteiger charge is -2.29. The summed E-state index contributed by atoms with van der Waals surface area (Å²) in [6, 6.07) is 3.11. The number of ether oxygens (including phenoxy) is 1. The maximum absolute atomic E-state index is 14.0. The summed E-state index contributed by atoms with van der Waals surface area (Å²) in [5.41, 5.74) is -0.661. The summed E-state index contributed by atoms with van der Waals surface area (Å²) in [5.74, 6) is -1.37. The molecule has 0 aromatic heterocycles. The highest BCUT2D eigenvalue weighted by molar-refractivity contribution is 7.86. The van der Waals surface area contributed by atoms with Gasteiger partial charge in [0, 0.05) is 18.7 Å². The van der Waals surface area contributed by atoms with Crippen LogP contribution in [-0.2, 0) is 30.4 Å². The Morgan fingerprint density at radius 2 is 2.00 bits per heavy atom. The Balaban J connectivity index is 2.21. The number of nitrogens with zero attached hydrogens (tertiary/aromatic N) is 1. The molecule has 1 fully saturated rings. The molecule has 11 heteroatoms. The van der Waals surface area contributed by atoms with Crippen LogP contribution in [0.15, 0.2) is 18.2 Å². The molecule has 1 aliphatic rings. The van der Waals surface area contributed by atoms with Crippen molar-refractivity contribution in [2.24, 2.45) is 0 Å². The maximum Gasteiger partial charge on any atom is 0.411 e. The third kappa shape index (κ3) is 6.55. The van der Waals surface area contributed by atoms with Gasteiger partial charge in [0.25, 0.3) is 10.1 Å². The predicted molar refractivity (Wildman–Crippen MR) is 104 cm³/mol. The minimum atomic E-state index is -3.87. The summed E-state index contributed by atoms with van der Waals surface area (Å²) in [7, 11) is -3.87. The van der Waals surface area contributed by atoms with Gasteiger partial charge in [-0.3, -0.25) is 13.9 Å². The van der Waals surface area contributed by atoms with Gasteiger partial charge in [0.1, 0.15) is 23.6 Å². The number of benzene rings is 1. The molecule has 8 nitrogen and oxygen atoms in total. The molecule has 0 radical (unpaired) electrons. The Morgan fingerprint density at radius 1 is 1.34 bits per heavy atom. The number of amides is 2. The number of likely N-dealkylation sites (tertiary alicyclic amines) is 1. The highest BCUT2D eigenvalue weighted by Gasteiger charge is 2.45. The third-order valence-electron chi connectivity index (χ3n) is 4.02. The van der Waals surface area contributed by atoms with Crippen molar-refractivity contribution in [2.75, 3.05) is 12.8 Å². The van der Waals surface area contributed by atoms with Crippen LogP contribution in [0.3, 0.4) is 0 Å². The van der Waals surface area contributed by atoms with Crippen molar-refractivity contribution in [1.82, 2.24) is 10.2 Å². The first-order valence-corrected chi connectivity index (χ1v) is 11.1. The molecule has 1 aliphatic heterocycles. The van der Waals surface area contributed by atoms with Crippen LogP contribution in [0, 0.1) is 5.82 Å². The SMILES string of the molecule is CC(C)(C)OC(=O)N1CCC(OS(C)(=O)=O)[C@H]1C(=O)NCc1cccc(Cl)c1F. The first-order valence-electron chi connectivity index (χ1n) is 8.87. The van der Waals surface area contributed by atoms with Crippen LogP contribution in [0.5, 0.6) is 0 Å². The smallest absolute Gasteiger partial charge is 0.411 e. The Hall–Kier alpha value is -1.91. The molecule has 0 bridgehead atoms. The molecule has 162 valence electrons. The highest BCUT2D eigenvalue weighted by Crippen LogP contribution is 2.25. The number of hydrogen-bond acceptors (Lipinski definition) is 6. The van der Waals surface area contributed by atoms with E-state index in [1.54, 1.807) is 20.8 Å². The van der Waals surface area contributed by atoms with Crippen LogP contribution < -0.4 is 5.32 Å². The van der Waals surface area contributed by atoms with Gasteiger partial charge in [0.15, 0.2) is 0 Å². The molecule has 1 aromatic carbocycles. The third-order valence-corrected chi connectivity index (χ3v) is 4.91. The minimum absolute atomic E-state index is 0.0682. The van der Waals surface area contributed by atoms with Gasteiger partial charge in [-0.15, -0.1) is 0 Å². The van der Waals surface area contributed by atoms with Crippen molar-refractivity contribution in [3.8, 4) is 0 Å². The van der Waals surface area contributed by atoms with Crippen molar-refractivity contribution < 1.29 is 31.3 Å². The highest BCUT2D eigenvalue weighted by atomic mass is 35.5. The average molecular weight is 451 g/mol. The molecule has 2 amide bonds. The van der Waals surface area contributed by atoms with Gasteiger partial charge in [-0.1, -0.05) is 23.7 Å². The van der Waals surface area contributed by atoms with Crippen molar-refractivity contribution in [3.63, 3.8) is 0 Å². The zero-order valence-electron chi connectivity index (χ0n) is 16.6. The number of carbonyl (C=O) groups is 2. The van der Waals surface area contributed by atoms with Gasteiger partial charge in [-0.05, 0) is 33.3 Å². The van der Waals surface area contributed by atoms with E-state index < -0.39 is 45.7 Å². The standard InChI is InChI=1S/C18H24ClFN2O6S/c1-18(2,3)27-17(24)22-9-8-13(28-29(4,25)26)15(22)16(23)21-10-11-6-5-7-12(19)14(11)20/h5-7,13,15H,8-10H2,1-4H3,(H,21,23)/t13?,15-/m0/s1. The van der Waals surface area contributed by atoms with Crippen LogP contribution >= 0.6 is 11.6 Å². The number of halogens is 2. The molecular formula is C18H24ClFN2O6S. The summed E-state index contributed by atoms with van der Waals surface area (Å²) < 4.78 is 47.5. The van der Waals surface area contributed by atoms with Crippen LogP contribution in [-0.4, -0.2) is 55.9 Å². The van der Waals surface area contributed by atoms with Gasteiger partial charge in [-0.25, -0.2) is 9.18 Å². The molecule has 1 N–H and O–H groups in total. The first kappa shape index (κ1) is 23.4. The second-order valence-electron chi connectivity index (χ2n) is 7.68. The molecule has 2 rings (SSSR count). The lowest BCUT2D eigenvalue weighted by atomic mass is 10.1. The van der Waals surface area contributed by atoms with E-state index >= 15 is 0 Å². The van der Waals surface area contributed by atoms with Gasteiger partial charge >= 0.3 is 6.09 Å². The fourth-order valence-electron chi connectivity index (χ4n) is 2.90. The van der Waals surface area contributed by atoms with Gasteiger partial charge in [-0.2, -0.15) is 8.42 Å². The van der Waals surface area contributed by atoms with Crippen LogP contribution in [0.1, 0.15) is 32.8 Å². The van der Waals surface area contributed by atoms with Crippen molar-refractivity contribution >= 4 is 33.7 Å². The molecule has 1 aromatic rings. The van der Waals surface area contributed by atoms with Crippen LogP contribution in [0.4, 0.5) is 9.18 Å². The molecule has 0 spiro atoms. The topological polar surface area (TPSA) is 102 Å². The van der Waals surface area contributed by atoms with Gasteiger partial charge < -0.3 is 10.1 Å². The van der Waals surface area contributed by atoms with E-state index in [1.165, 1.54) is 18.2 Å². The first-order chi connectivity index (χ1) is 13.3. The molecule has 0 saturated carbocycles. The fraction of sp³-hybridized carbons (Fsp3) is 0.556. The molecule has 1 unspecified atom stereocenters. The maximum atomic E-state index is 14.0. The quantitative estimate of drug-likeness (QED) is 0.691. The van der Waals surface area contributed by atoms with Gasteiger partial charge in [0.05, 0.1) is 11.3 Å². The number of carbonyl (C=O) groups excluding carboxylic acids is 2. The summed E-state index contributed by atoms with van der Waals surface area (Å²) in [5, 5.41) is 2.42. The lowest BCUT2D eigenvalue weighted by Crippen LogP contribution is -2.52. The molecule has 1 heterocycles. The Kier molecular flexibility index (Phi) is 7.13. The second-order valence-corrected chi connectivity index (χ2v) is 9.68. The van der Waals surface area contributed by atoms with E-state index in [9.17, 15) is 22.4 Å². The molecule has 2 atom stereocenters. The van der Waals surface area contributed by atoms with Crippen LogP contribution in [0.2, 0.25) is 5.02 Å². The van der Waals surface area contributed by atoms with E-state index in [0.717, 1.165) is 11.2 Å². The fourth-order valence-corrected chi connectivity index (χ4v) is 3.74. The summed E-state index contributed by atoms with van der Waals surface area (Å²) in [4.78, 5) is 26.4. The van der Waals surface area contributed by atoms with E-state index in [2.05, 4.69) is 5.32 Å². The number of hydrogen-bond donors (Lipinski definition) is 1. The van der Waals surface area contributed by atoms with E-state index in [0.29, 0.717) is 0 Å². The normalized spacial score (nSPS) is 19.9. The molecule has 29 heavy (non-hydrogen) atoms. The summed E-state index contributed by atoms with van der Waals surface area (Å²) in [6.07, 6.45) is -0.872. The van der Waals surface area contributed by atoms with E-state index in [1.807, 2.05) is 0 Å². The van der Waals surface area contributed by atoms with E-state index in [4.69, 9.17) is 20.5 Å². The van der Waals surface area contributed by atoms with E-state index in [-0.39, 0.29) is 30.1 Å². The minimum Gasteiger partial charge on any atom is -0.444 e. The molecular weight excluding hydrogens is 427 g/mol. The second kappa shape index (κ2) is 8.85. The Bertz CT molecular complexity index is 887. The molecule has 1 saturated heterocycles. The predicted octanol–water partition coefficient (Wildman–Crippen LogP) is 2.45. The largest absolute Gasteiger partial charge is 0.444 e. The van der Waals surface area contributed by atoms with Crippen molar-refractivity contribution in [3.05, 3.63) is 34.6 Å². The van der Waals surface area contributed by atoms with Crippen LogP contribution in [0.25, 0.3) is 0 Å². The number of nitrogens with one attached hydrogen (secondary N) is 1. The lowest BCUT2D eigenvalue weighted by molar-refractivity contribution is -0.127. The monoisotopic (exact) mass is 450 g/mol. The zero-order valence-corrected chi connectivity index (χ0v) is 18.1. The molecule has 0 aliphatic carbocycles. The summed E-state index contributed by atoms with van der Waals surface area (Å²) >= 11 is 5.73. The summed E-state index contributed by atoms with van der Waals surface area (Å²) in [6.45, 7) is 4.88.